The van der Waals surface area contributed by atoms with Crippen LogP contribution in [0.1, 0.15) is 79.0 Å². The third kappa shape index (κ3) is 5.56. The number of nitrogens with zero attached hydrogens (tertiary/aromatic N) is 1. The van der Waals surface area contributed by atoms with Crippen LogP contribution in [0.5, 0.6) is 0 Å². The Hall–Kier alpha value is -5.40. The molecule has 3 aliphatic rings. The van der Waals surface area contributed by atoms with Crippen molar-refractivity contribution in [2.75, 3.05) is 4.90 Å². The van der Waals surface area contributed by atoms with Crippen LogP contribution in [0, 0.1) is 0 Å². The second-order valence-corrected chi connectivity index (χ2v) is 14.1. The maximum absolute atomic E-state index is 4.03. The summed E-state index contributed by atoms with van der Waals surface area (Å²) in [7, 11) is 0. The molecule has 0 saturated carbocycles. The van der Waals surface area contributed by atoms with Gasteiger partial charge in [0.1, 0.15) is 0 Å². The zero-order valence-electron chi connectivity index (χ0n) is 30.4. The van der Waals surface area contributed by atoms with E-state index in [1.165, 1.54) is 83.6 Å². The van der Waals surface area contributed by atoms with Crippen LogP contribution in [0.25, 0.3) is 39.0 Å². The summed E-state index contributed by atoms with van der Waals surface area (Å²) < 4.78 is 0. The van der Waals surface area contributed by atoms with Gasteiger partial charge < -0.3 is 4.90 Å². The van der Waals surface area contributed by atoms with E-state index in [2.05, 4.69) is 148 Å². The minimum absolute atomic E-state index is 0.869. The van der Waals surface area contributed by atoms with Gasteiger partial charge in [-0.3, -0.25) is 0 Å². The molecule has 1 heteroatoms. The van der Waals surface area contributed by atoms with Crippen LogP contribution in [0.4, 0.5) is 11.4 Å². The maximum atomic E-state index is 4.03. The van der Waals surface area contributed by atoms with Gasteiger partial charge in [-0.1, -0.05) is 112 Å². The van der Waals surface area contributed by atoms with Crippen LogP contribution in [0.2, 0.25) is 0 Å². The maximum Gasteiger partial charge on any atom is 0.0458 e. The van der Waals surface area contributed by atoms with Gasteiger partial charge >= 0.3 is 0 Å². The number of allylic oxidation sites excluding steroid dienone is 8. The quantitative estimate of drug-likeness (QED) is 0.0985. The number of fused-ring (bicyclic) bond motifs is 9. The lowest BCUT2D eigenvalue weighted by Crippen LogP contribution is -2.16. The third-order valence-electron chi connectivity index (χ3n) is 11.1. The summed E-state index contributed by atoms with van der Waals surface area (Å²) in [6, 6.07) is 34.6. The molecule has 0 bridgehead atoms. The van der Waals surface area contributed by atoms with Crippen LogP contribution < -0.4 is 4.90 Å². The normalized spacial score (nSPS) is 14.0. The molecule has 0 N–H and O–H groups in total. The molecule has 0 heterocycles. The molecule has 51 heavy (non-hydrogen) atoms. The van der Waals surface area contributed by atoms with Gasteiger partial charge in [0.2, 0.25) is 0 Å². The van der Waals surface area contributed by atoms with E-state index in [0.717, 1.165) is 56.3 Å². The summed E-state index contributed by atoms with van der Waals surface area (Å²) in [5, 5.41) is 0. The standard InChI is InChI=1S/C50H47N/c1-6-11-16-35-29-37-21-22-38-30-39-32-45(50-44-18-13-12-17-36(44)31-46(50)48(39)49(38)47(37)43(35)10-5)34-23-27-42(28-24-34)51(40(9-4)15-8-3)41-25-19-33(14-7-2)20-26-41/h7-8,11-13,15-28,32H,2-3,6,9-10,14,29-31H2,1,4-5H3/b16-11-,40-15+. The Labute approximate surface area is 304 Å². The van der Waals surface area contributed by atoms with Crippen LogP contribution in [-0.2, 0) is 25.7 Å². The lowest BCUT2D eigenvalue weighted by Gasteiger charge is -2.28. The summed E-state index contributed by atoms with van der Waals surface area (Å²) in [6.45, 7) is 14.7. The molecule has 5 aromatic rings. The van der Waals surface area contributed by atoms with Crippen LogP contribution in [0.15, 0.2) is 146 Å². The van der Waals surface area contributed by atoms with E-state index in [1.54, 1.807) is 5.57 Å². The number of rotatable bonds is 11. The summed E-state index contributed by atoms with van der Waals surface area (Å²) in [5.74, 6) is 0. The third-order valence-corrected chi connectivity index (χ3v) is 11.1. The fourth-order valence-electron chi connectivity index (χ4n) is 8.89. The van der Waals surface area contributed by atoms with Crippen molar-refractivity contribution in [2.45, 2.75) is 65.7 Å². The molecule has 0 atom stereocenters. The first kappa shape index (κ1) is 32.8. The van der Waals surface area contributed by atoms with Crippen molar-refractivity contribution in [2.24, 2.45) is 0 Å². The number of hydrogen-bond acceptors (Lipinski definition) is 1. The van der Waals surface area contributed by atoms with Crippen molar-refractivity contribution in [1.29, 1.82) is 0 Å². The summed E-state index contributed by atoms with van der Waals surface area (Å²) in [4.78, 5) is 2.37. The first-order valence-corrected chi connectivity index (χ1v) is 18.8. The van der Waals surface area contributed by atoms with Gasteiger partial charge in [-0.25, -0.2) is 0 Å². The second-order valence-electron chi connectivity index (χ2n) is 14.1. The molecule has 0 fully saturated rings. The molecular weight excluding hydrogens is 615 g/mol. The lowest BCUT2D eigenvalue weighted by atomic mass is 9.85. The van der Waals surface area contributed by atoms with Gasteiger partial charge in [0.15, 0.2) is 0 Å². The highest BCUT2D eigenvalue weighted by Gasteiger charge is 2.35. The van der Waals surface area contributed by atoms with E-state index >= 15 is 0 Å². The van der Waals surface area contributed by atoms with Gasteiger partial charge in [0.25, 0.3) is 0 Å². The molecule has 5 aromatic carbocycles. The lowest BCUT2D eigenvalue weighted by molar-refractivity contribution is 1.01. The molecule has 0 saturated heterocycles. The highest BCUT2D eigenvalue weighted by molar-refractivity contribution is 6.02. The van der Waals surface area contributed by atoms with Crippen molar-refractivity contribution in [3.8, 4) is 33.4 Å². The Morgan fingerprint density at radius 3 is 2.10 bits per heavy atom. The Bertz CT molecular complexity index is 2270. The van der Waals surface area contributed by atoms with Crippen LogP contribution >= 0.6 is 0 Å². The number of benzene rings is 5. The summed E-state index contributed by atoms with van der Waals surface area (Å²) in [6.07, 6.45) is 17.6. The van der Waals surface area contributed by atoms with E-state index in [4.69, 9.17) is 0 Å². The summed E-state index contributed by atoms with van der Waals surface area (Å²) in [5.41, 5.74) is 25.2. The van der Waals surface area contributed by atoms with E-state index in [1.807, 2.05) is 12.2 Å². The molecule has 8 rings (SSSR count). The van der Waals surface area contributed by atoms with Crippen molar-refractivity contribution in [1.82, 2.24) is 0 Å². The van der Waals surface area contributed by atoms with Gasteiger partial charge in [0.05, 0.1) is 0 Å². The highest BCUT2D eigenvalue weighted by Crippen LogP contribution is 2.55. The molecule has 0 aromatic heterocycles. The first-order valence-electron chi connectivity index (χ1n) is 18.8. The molecule has 0 amide bonds. The van der Waals surface area contributed by atoms with Gasteiger partial charge in [-0.15, -0.1) is 6.58 Å². The average molecular weight is 662 g/mol. The second kappa shape index (κ2) is 13.7. The first-order chi connectivity index (χ1) is 25.1. The molecule has 1 nitrogen and oxygen atoms in total. The fourth-order valence-corrected chi connectivity index (χ4v) is 8.89. The van der Waals surface area contributed by atoms with E-state index in [-0.39, 0.29) is 0 Å². The van der Waals surface area contributed by atoms with E-state index in [9.17, 15) is 0 Å². The van der Waals surface area contributed by atoms with Gasteiger partial charge in [-0.05, 0) is 165 Å². The van der Waals surface area contributed by atoms with Crippen molar-refractivity contribution in [3.05, 3.63) is 185 Å². The monoisotopic (exact) mass is 661 g/mol. The minimum Gasteiger partial charge on any atom is -0.314 e. The molecular formula is C50H47N. The largest absolute Gasteiger partial charge is 0.314 e. The Balaban J connectivity index is 1.27. The van der Waals surface area contributed by atoms with E-state index < -0.39 is 0 Å². The minimum atomic E-state index is 0.869. The molecule has 0 aliphatic heterocycles. The fraction of sp³-hybridized carbons (Fsp3) is 0.200. The van der Waals surface area contributed by atoms with Gasteiger partial charge in [0, 0.05) is 17.1 Å². The Morgan fingerprint density at radius 1 is 0.686 bits per heavy atom. The topological polar surface area (TPSA) is 3.24 Å². The zero-order chi connectivity index (χ0) is 35.1. The predicted octanol–water partition coefficient (Wildman–Crippen LogP) is 13.5. The molecule has 252 valence electrons. The molecule has 0 unspecified atom stereocenters. The van der Waals surface area contributed by atoms with Gasteiger partial charge in [-0.2, -0.15) is 0 Å². The smallest absolute Gasteiger partial charge is 0.0458 e. The molecule has 0 spiro atoms. The SMILES string of the molecule is C=C/C=C(\CC)N(c1ccc(CC=C)cc1)c1ccc(-c2cc3c(c4c2-c2ccccc2C4)-c2c(ccc4c2C(CC)=C(/C=C\CC)C4)C3)cc1. The average Bonchev–Trinajstić information content (AvgIpc) is 3.85. The van der Waals surface area contributed by atoms with Crippen LogP contribution in [0.3, 0.4) is 0 Å². The molecule has 3 aliphatic carbocycles. The number of anilines is 2. The Kier molecular flexibility index (Phi) is 8.82. The predicted molar refractivity (Wildman–Crippen MR) is 220 cm³/mol. The van der Waals surface area contributed by atoms with Crippen molar-refractivity contribution < 1.29 is 0 Å². The highest BCUT2D eigenvalue weighted by atomic mass is 15.1. The summed E-state index contributed by atoms with van der Waals surface area (Å²) >= 11 is 0. The van der Waals surface area contributed by atoms with Crippen molar-refractivity contribution >= 4 is 16.9 Å². The molecule has 0 radical (unpaired) electrons. The van der Waals surface area contributed by atoms with Crippen LogP contribution in [-0.4, -0.2) is 0 Å². The zero-order valence-corrected chi connectivity index (χ0v) is 30.4. The number of hydrogen-bond donors (Lipinski definition) is 0. The van der Waals surface area contributed by atoms with E-state index in [0.29, 0.717) is 0 Å². The Morgan fingerprint density at radius 2 is 1.41 bits per heavy atom. The van der Waals surface area contributed by atoms with Crippen molar-refractivity contribution in [3.63, 3.8) is 0 Å².